The van der Waals surface area contributed by atoms with E-state index in [1.807, 2.05) is 13.8 Å². The Morgan fingerprint density at radius 1 is 1.37 bits per heavy atom. The molecule has 0 aliphatic rings. The molecule has 0 spiro atoms. The number of aromatic nitrogens is 2. The van der Waals surface area contributed by atoms with Crippen molar-refractivity contribution < 1.29 is 4.39 Å². The summed E-state index contributed by atoms with van der Waals surface area (Å²) >= 11 is 1.77. The van der Waals surface area contributed by atoms with Gasteiger partial charge >= 0.3 is 0 Å². The number of hydrogen-bond donors (Lipinski definition) is 1. The van der Waals surface area contributed by atoms with Crippen molar-refractivity contribution in [3.05, 3.63) is 39.7 Å². The Labute approximate surface area is 116 Å². The van der Waals surface area contributed by atoms with Crippen LogP contribution in [-0.4, -0.2) is 16.0 Å². The molecule has 0 bridgehead atoms. The average Bonchev–Trinajstić information content (AvgIpc) is 2.77. The van der Waals surface area contributed by atoms with E-state index >= 15 is 0 Å². The van der Waals surface area contributed by atoms with Crippen molar-refractivity contribution in [3.63, 3.8) is 0 Å². The summed E-state index contributed by atoms with van der Waals surface area (Å²) in [5.74, 6) is -0.0353. The smallest absolute Gasteiger partial charge is 0.186 e. The molecule has 0 aromatic carbocycles. The third kappa shape index (κ3) is 3.50. The van der Waals surface area contributed by atoms with Crippen molar-refractivity contribution in [1.82, 2.24) is 9.97 Å². The Bertz CT molecular complexity index is 553. The fourth-order valence-corrected chi connectivity index (χ4v) is 2.95. The number of halogens is 1. The zero-order chi connectivity index (χ0) is 13.8. The van der Waals surface area contributed by atoms with E-state index < -0.39 is 0 Å². The first-order valence-corrected chi connectivity index (χ1v) is 7.23. The van der Waals surface area contributed by atoms with Gasteiger partial charge < -0.3 is 5.32 Å². The van der Waals surface area contributed by atoms with E-state index in [2.05, 4.69) is 34.3 Å². The summed E-state index contributed by atoms with van der Waals surface area (Å²) in [6, 6.07) is 4.35. The Balaban J connectivity index is 2.04. The van der Waals surface area contributed by atoms with E-state index in [1.165, 1.54) is 16.1 Å². The second kappa shape index (κ2) is 6.10. The van der Waals surface area contributed by atoms with Gasteiger partial charge in [-0.1, -0.05) is 6.92 Å². The van der Waals surface area contributed by atoms with Gasteiger partial charge in [0.2, 0.25) is 0 Å². The standard InChI is InChI=1S/C14H18FN3S/c1-4-12-13(15)14(17-8-16-12)18-9(2)7-11-6-5-10(3)19-11/h5-6,8-9H,4,7H2,1-3H3,(H,16,17,18). The Morgan fingerprint density at radius 3 is 2.79 bits per heavy atom. The summed E-state index contributed by atoms with van der Waals surface area (Å²) in [5.41, 5.74) is 0.455. The summed E-state index contributed by atoms with van der Waals surface area (Å²) in [4.78, 5) is 10.5. The molecule has 0 saturated heterocycles. The molecule has 1 N–H and O–H groups in total. The fourth-order valence-electron chi connectivity index (χ4n) is 1.93. The van der Waals surface area contributed by atoms with Crippen LogP contribution in [0.25, 0.3) is 0 Å². The van der Waals surface area contributed by atoms with Gasteiger partial charge in [-0.3, -0.25) is 0 Å². The first-order valence-electron chi connectivity index (χ1n) is 6.41. The molecule has 1 unspecified atom stereocenters. The third-order valence-electron chi connectivity index (χ3n) is 2.88. The van der Waals surface area contributed by atoms with Crippen molar-refractivity contribution in [2.24, 2.45) is 0 Å². The molecule has 0 aliphatic carbocycles. The number of aryl methyl sites for hydroxylation is 2. The predicted molar refractivity (Wildman–Crippen MR) is 77.2 cm³/mol. The molecule has 19 heavy (non-hydrogen) atoms. The quantitative estimate of drug-likeness (QED) is 0.909. The van der Waals surface area contributed by atoms with Gasteiger partial charge in [0, 0.05) is 22.2 Å². The van der Waals surface area contributed by atoms with Crippen LogP contribution in [0.4, 0.5) is 10.2 Å². The lowest BCUT2D eigenvalue weighted by atomic mass is 10.2. The first kappa shape index (κ1) is 13.9. The second-order valence-corrected chi connectivity index (χ2v) is 5.97. The van der Waals surface area contributed by atoms with Crippen molar-refractivity contribution >= 4 is 17.2 Å². The molecule has 2 aromatic rings. The van der Waals surface area contributed by atoms with Gasteiger partial charge in [-0.05, 0) is 32.4 Å². The molecule has 2 aromatic heterocycles. The van der Waals surface area contributed by atoms with Gasteiger partial charge in [0.05, 0.1) is 5.69 Å². The fraction of sp³-hybridized carbons (Fsp3) is 0.429. The lowest BCUT2D eigenvalue weighted by Gasteiger charge is -2.14. The van der Waals surface area contributed by atoms with Gasteiger partial charge in [0.15, 0.2) is 11.6 Å². The number of nitrogens with zero attached hydrogens (tertiary/aromatic N) is 2. The molecule has 0 radical (unpaired) electrons. The molecular formula is C14H18FN3S. The maximum atomic E-state index is 14.0. The minimum atomic E-state index is -0.334. The van der Waals surface area contributed by atoms with Gasteiger partial charge in [0.1, 0.15) is 6.33 Å². The van der Waals surface area contributed by atoms with Crippen molar-refractivity contribution in [2.75, 3.05) is 5.32 Å². The summed E-state index contributed by atoms with van der Waals surface area (Å²) in [6.45, 7) is 6.00. The molecule has 2 rings (SSSR count). The van der Waals surface area contributed by atoms with Gasteiger partial charge in [-0.25, -0.2) is 14.4 Å². The van der Waals surface area contributed by atoms with Crippen LogP contribution in [0.2, 0.25) is 0 Å². The molecule has 3 nitrogen and oxygen atoms in total. The lowest BCUT2D eigenvalue weighted by molar-refractivity contribution is 0.592. The van der Waals surface area contributed by atoms with E-state index in [0.717, 1.165) is 6.42 Å². The topological polar surface area (TPSA) is 37.8 Å². The predicted octanol–water partition coefficient (Wildman–Crippen LogP) is 3.59. The Hall–Kier alpha value is -1.49. The van der Waals surface area contributed by atoms with Crippen LogP contribution in [0.15, 0.2) is 18.5 Å². The number of anilines is 1. The summed E-state index contributed by atoms with van der Waals surface area (Å²) in [6.07, 6.45) is 2.84. The highest BCUT2D eigenvalue weighted by Crippen LogP contribution is 2.19. The minimum Gasteiger partial charge on any atom is -0.365 e. The molecule has 2 heterocycles. The monoisotopic (exact) mass is 279 g/mol. The lowest BCUT2D eigenvalue weighted by Crippen LogP contribution is -2.20. The second-order valence-electron chi connectivity index (χ2n) is 4.60. The van der Waals surface area contributed by atoms with Crippen LogP contribution in [0.5, 0.6) is 0 Å². The van der Waals surface area contributed by atoms with Gasteiger partial charge in [-0.2, -0.15) is 0 Å². The van der Waals surface area contributed by atoms with E-state index in [0.29, 0.717) is 17.9 Å². The Morgan fingerprint density at radius 2 is 2.16 bits per heavy atom. The van der Waals surface area contributed by atoms with E-state index in [4.69, 9.17) is 0 Å². The zero-order valence-corrected chi connectivity index (χ0v) is 12.2. The van der Waals surface area contributed by atoms with Crippen LogP contribution < -0.4 is 5.32 Å². The van der Waals surface area contributed by atoms with Crippen LogP contribution in [0.3, 0.4) is 0 Å². The van der Waals surface area contributed by atoms with Gasteiger partial charge in [0.25, 0.3) is 0 Å². The molecule has 0 saturated carbocycles. The zero-order valence-electron chi connectivity index (χ0n) is 11.4. The Kier molecular flexibility index (Phi) is 4.47. The maximum Gasteiger partial charge on any atom is 0.186 e. The minimum absolute atomic E-state index is 0.132. The average molecular weight is 279 g/mol. The van der Waals surface area contributed by atoms with E-state index in [-0.39, 0.29) is 11.9 Å². The SMILES string of the molecule is CCc1ncnc(NC(C)Cc2ccc(C)s2)c1F. The van der Waals surface area contributed by atoms with Crippen LogP contribution in [0.1, 0.15) is 29.3 Å². The molecule has 102 valence electrons. The number of hydrogen-bond acceptors (Lipinski definition) is 4. The molecule has 5 heteroatoms. The van der Waals surface area contributed by atoms with Crippen molar-refractivity contribution in [2.45, 2.75) is 39.7 Å². The number of nitrogens with one attached hydrogen (secondary N) is 1. The maximum absolute atomic E-state index is 14.0. The summed E-state index contributed by atoms with van der Waals surface area (Å²) < 4.78 is 14.0. The largest absolute Gasteiger partial charge is 0.365 e. The van der Waals surface area contributed by atoms with Crippen LogP contribution >= 0.6 is 11.3 Å². The molecule has 1 atom stereocenters. The number of thiophene rings is 1. The van der Waals surface area contributed by atoms with Gasteiger partial charge in [-0.15, -0.1) is 11.3 Å². The highest BCUT2D eigenvalue weighted by molar-refractivity contribution is 7.11. The third-order valence-corrected chi connectivity index (χ3v) is 3.91. The van der Waals surface area contributed by atoms with Crippen molar-refractivity contribution in [3.8, 4) is 0 Å². The number of rotatable bonds is 5. The van der Waals surface area contributed by atoms with Crippen LogP contribution in [0, 0.1) is 12.7 Å². The molecule has 0 aliphatic heterocycles. The first-order chi connectivity index (χ1) is 9.10. The molecule has 0 fully saturated rings. The normalized spacial score (nSPS) is 12.4. The summed E-state index contributed by atoms with van der Waals surface area (Å²) in [7, 11) is 0. The van der Waals surface area contributed by atoms with Crippen LogP contribution in [-0.2, 0) is 12.8 Å². The van der Waals surface area contributed by atoms with Crippen molar-refractivity contribution in [1.29, 1.82) is 0 Å². The molecular weight excluding hydrogens is 261 g/mol. The molecule has 0 amide bonds. The van der Waals surface area contributed by atoms with E-state index in [9.17, 15) is 4.39 Å². The highest BCUT2D eigenvalue weighted by atomic mass is 32.1. The highest BCUT2D eigenvalue weighted by Gasteiger charge is 2.12. The van der Waals surface area contributed by atoms with E-state index in [1.54, 1.807) is 11.3 Å². The summed E-state index contributed by atoms with van der Waals surface area (Å²) in [5, 5.41) is 3.12.